The average Bonchev–Trinajstić information content (AvgIpc) is 2.54. The number of nitrogens with two attached hydrogens (primary N) is 1. The zero-order valence-corrected chi connectivity index (χ0v) is 15.4. The number of carbonyl (C=O) groups excluding carboxylic acids is 1. The Kier molecular flexibility index (Phi) is 7.53. The molecule has 0 heterocycles. The monoisotopic (exact) mass is 352 g/mol. The smallest absolute Gasteiger partial charge is 0.147 e. The third-order valence-electron chi connectivity index (χ3n) is 3.47. The van der Waals surface area contributed by atoms with E-state index < -0.39 is 0 Å². The number of aliphatic imine (C=N–C) groups is 1. The summed E-state index contributed by atoms with van der Waals surface area (Å²) in [6.07, 6.45) is 1.91. The van der Waals surface area contributed by atoms with Crippen molar-refractivity contribution in [2.24, 2.45) is 10.7 Å². The van der Waals surface area contributed by atoms with Gasteiger partial charge in [0.15, 0.2) is 0 Å². The van der Waals surface area contributed by atoms with Crippen LogP contribution in [0, 0.1) is 6.92 Å². The number of aldehydes is 1. The van der Waals surface area contributed by atoms with E-state index in [1.165, 1.54) is 0 Å². The van der Waals surface area contributed by atoms with Crippen LogP contribution in [0.2, 0.25) is 5.02 Å². The van der Waals surface area contributed by atoms with Crippen molar-refractivity contribution in [2.45, 2.75) is 33.6 Å². The highest BCUT2D eigenvalue weighted by molar-refractivity contribution is 6.41. The predicted molar refractivity (Wildman–Crippen MR) is 99.4 cm³/mol. The zero-order chi connectivity index (χ0) is 17.6. The molecule has 0 atom stereocenters. The van der Waals surface area contributed by atoms with Gasteiger partial charge in [0.1, 0.15) is 6.29 Å². The summed E-state index contributed by atoms with van der Waals surface area (Å²) in [5, 5.41) is 0.949. The number of aryl methyl sites for hydroxylation is 1. The molecule has 1 aromatic rings. The fraction of sp³-hybridized carbons (Fsp3) is 0.333. The van der Waals surface area contributed by atoms with Crippen LogP contribution in [-0.4, -0.2) is 19.0 Å². The number of nitrogens with zero attached hydrogens (tertiary/aromatic N) is 1. The lowest BCUT2D eigenvalue weighted by atomic mass is 9.91. The van der Waals surface area contributed by atoms with E-state index in [-0.39, 0.29) is 0 Å². The summed E-state index contributed by atoms with van der Waals surface area (Å²) in [4.78, 5) is 15.4. The van der Waals surface area contributed by atoms with Gasteiger partial charge in [0, 0.05) is 29.5 Å². The Labute approximate surface area is 147 Å². The van der Waals surface area contributed by atoms with E-state index in [2.05, 4.69) is 4.99 Å². The van der Waals surface area contributed by atoms with Gasteiger partial charge < -0.3 is 5.73 Å². The van der Waals surface area contributed by atoms with Gasteiger partial charge >= 0.3 is 0 Å². The van der Waals surface area contributed by atoms with Gasteiger partial charge in [0.2, 0.25) is 0 Å². The first-order valence-electron chi connectivity index (χ1n) is 7.56. The fourth-order valence-corrected chi connectivity index (χ4v) is 3.03. The van der Waals surface area contributed by atoms with Crippen molar-refractivity contribution in [3.8, 4) is 0 Å². The summed E-state index contributed by atoms with van der Waals surface area (Å²) in [7, 11) is 1.66. The minimum atomic E-state index is 0.367. The first kappa shape index (κ1) is 19.5. The molecule has 0 spiro atoms. The molecule has 0 bridgehead atoms. The Morgan fingerprint density at radius 1 is 1.26 bits per heavy atom. The van der Waals surface area contributed by atoms with Crippen LogP contribution < -0.4 is 5.73 Å². The zero-order valence-electron chi connectivity index (χ0n) is 13.9. The SMILES string of the molecule is CC.CN=C(C1=C(N)CCC(C=O)=C1Cl)c1ccc(C)cc1Cl. The van der Waals surface area contributed by atoms with Crippen LogP contribution >= 0.6 is 23.2 Å². The molecule has 1 aliphatic rings. The van der Waals surface area contributed by atoms with E-state index in [1.54, 1.807) is 7.05 Å². The number of benzene rings is 1. The van der Waals surface area contributed by atoms with Gasteiger partial charge in [-0.25, -0.2) is 0 Å². The molecule has 0 aromatic heterocycles. The van der Waals surface area contributed by atoms with Crippen molar-refractivity contribution in [1.29, 1.82) is 0 Å². The van der Waals surface area contributed by atoms with Crippen molar-refractivity contribution in [3.05, 3.63) is 56.2 Å². The molecule has 2 rings (SSSR count). The lowest BCUT2D eigenvalue weighted by Crippen LogP contribution is -2.18. The summed E-state index contributed by atoms with van der Waals surface area (Å²) in [5.74, 6) is 0. The maximum atomic E-state index is 11.1. The molecule has 3 nitrogen and oxygen atoms in total. The molecule has 1 aromatic carbocycles. The van der Waals surface area contributed by atoms with Gasteiger partial charge in [-0.1, -0.05) is 49.2 Å². The number of rotatable bonds is 3. The third kappa shape index (κ3) is 4.24. The van der Waals surface area contributed by atoms with Crippen LogP contribution in [0.4, 0.5) is 0 Å². The number of hydrogen-bond acceptors (Lipinski definition) is 3. The second-order valence-electron chi connectivity index (χ2n) is 4.91. The molecule has 0 amide bonds. The van der Waals surface area contributed by atoms with Crippen molar-refractivity contribution in [3.63, 3.8) is 0 Å². The summed E-state index contributed by atoms with van der Waals surface area (Å²) < 4.78 is 0. The quantitative estimate of drug-likeness (QED) is 0.627. The summed E-state index contributed by atoms with van der Waals surface area (Å²) in [6.45, 7) is 5.96. The Bertz CT molecular complexity index is 688. The molecule has 23 heavy (non-hydrogen) atoms. The summed E-state index contributed by atoms with van der Waals surface area (Å²) in [5.41, 5.74) is 10.3. The second kappa shape index (κ2) is 8.90. The molecular formula is C18H22Cl2N2O. The van der Waals surface area contributed by atoms with E-state index >= 15 is 0 Å². The number of halogens is 2. The van der Waals surface area contributed by atoms with E-state index in [9.17, 15) is 4.79 Å². The van der Waals surface area contributed by atoms with E-state index in [4.69, 9.17) is 28.9 Å². The van der Waals surface area contributed by atoms with E-state index in [0.717, 1.165) is 17.4 Å². The van der Waals surface area contributed by atoms with Gasteiger partial charge in [-0.2, -0.15) is 0 Å². The summed E-state index contributed by atoms with van der Waals surface area (Å²) >= 11 is 12.7. The largest absolute Gasteiger partial charge is 0.401 e. The maximum Gasteiger partial charge on any atom is 0.147 e. The van der Waals surface area contributed by atoms with Crippen LogP contribution in [0.5, 0.6) is 0 Å². The topological polar surface area (TPSA) is 55.4 Å². The van der Waals surface area contributed by atoms with E-state index in [0.29, 0.717) is 45.5 Å². The molecule has 0 aliphatic heterocycles. The highest BCUT2D eigenvalue weighted by atomic mass is 35.5. The lowest BCUT2D eigenvalue weighted by Gasteiger charge is -2.21. The molecule has 124 valence electrons. The molecule has 1 aliphatic carbocycles. The van der Waals surface area contributed by atoms with Crippen molar-refractivity contribution >= 4 is 35.2 Å². The third-order valence-corrected chi connectivity index (χ3v) is 4.21. The number of carbonyl (C=O) groups is 1. The number of allylic oxidation sites excluding steroid dienone is 4. The lowest BCUT2D eigenvalue weighted by molar-refractivity contribution is -0.105. The van der Waals surface area contributed by atoms with Gasteiger partial charge in [0.05, 0.1) is 15.8 Å². The standard InChI is InChI=1S/C16H16Cl2N2O.C2H6/c1-9-3-5-11(12(17)7-9)16(20-2)14-13(19)6-4-10(8-21)15(14)18;1-2/h3,5,7-8H,4,6,19H2,1-2H3;1-2H3. The van der Waals surface area contributed by atoms with Crippen LogP contribution in [0.15, 0.2) is 45.1 Å². The Hall–Kier alpha value is -1.58. The average molecular weight is 353 g/mol. The first-order valence-corrected chi connectivity index (χ1v) is 8.31. The predicted octanol–water partition coefficient (Wildman–Crippen LogP) is 4.79. The molecule has 0 fully saturated rings. The molecule has 0 radical (unpaired) electrons. The van der Waals surface area contributed by atoms with E-state index in [1.807, 2.05) is 39.0 Å². The summed E-state index contributed by atoms with van der Waals surface area (Å²) in [6, 6.07) is 5.70. The van der Waals surface area contributed by atoms with Crippen LogP contribution in [0.3, 0.4) is 0 Å². The van der Waals surface area contributed by atoms with Gasteiger partial charge in [-0.15, -0.1) is 0 Å². The normalized spacial score (nSPS) is 15.3. The van der Waals surface area contributed by atoms with Crippen molar-refractivity contribution < 1.29 is 4.79 Å². The van der Waals surface area contributed by atoms with Gasteiger partial charge in [-0.05, 0) is 31.4 Å². The molecule has 5 heteroatoms. The highest BCUT2D eigenvalue weighted by Gasteiger charge is 2.24. The second-order valence-corrected chi connectivity index (χ2v) is 5.70. The maximum absolute atomic E-state index is 11.1. The van der Waals surface area contributed by atoms with Crippen LogP contribution in [0.25, 0.3) is 0 Å². The molecule has 0 unspecified atom stereocenters. The van der Waals surface area contributed by atoms with Gasteiger partial charge in [0.25, 0.3) is 0 Å². The minimum absolute atomic E-state index is 0.367. The Morgan fingerprint density at radius 2 is 1.91 bits per heavy atom. The van der Waals surface area contributed by atoms with Crippen molar-refractivity contribution in [1.82, 2.24) is 0 Å². The Morgan fingerprint density at radius 3 is 2.43 bits per heavy atom. The molecule has 0 saturated carbocycles. The van der Waals surface area contributed by atoms with Gasteiger partial charge in [-0.3, -0.25) is 9.79 Å². The Balaban J connectivity index is 0.00000127. The number of hydrogen-bond donors (Lipinski definition) is 1. The minimum Gasteiger partial charge on any atom is -0.401 e. The molecule has 2 N–H and O–H groups in total. The van der Waals surface area contributed by atoms with Crippen molar-refractivity contribution in [2.75, 3.05) is 7.05 Å². The fourth-order valence-electron chi connectivity index (χ4n) is 2.35. The molecular weight excluding hydrogens is 331 g/mol. The highest BCUT2D eigenvalue weighted by Crippen LogP contribution is 2.34. The first-order chi connectivity index (χ1) is 11.0. The van der Waals surface area contributed by atoms with Crippen LogP contribution in [0.1, 0.15) is 37.8 Å². The van der Waals surface area contributed by atoms with Crippen LogP contribution in [-0.2, 0) is 4.79 Å². The molecule has 0 saturated heterocycles.